The van der Waals surface area contributed by atoms with Crippen LogP contribution in [0, 0.1) is 0 Å². The van der Waals surface area contributed by atoms with Crippen molar-refractivity contribution in [2.75, 3.05) is 12.8 Å². The highest BCUT2D eigenvalue weighted by molar-refractivity contribution is 7.89. The Hall–Kier alpha value is -1.73. The van der Waals surface area contributed by atoms with E-state index in [-0.39, 0.29) is 5.75 Å². The molecule has 0 spiro atoms. The van der Waals surface area contributed by atoms with Gasteiger partial charge < -0.3 is 4.57 Å². The molecule has 0 aliphatic heterocycles. The molecular weight excluding hydrogens is 264 g/mol. The molecule has 2 heterocycles. The molecule has 1 N–H and O–H groups in total. The number of rotatable bonds is 6. The minimum Gasteiger partial charge on any atom is -0.331 e. The van der Waals surface area contributed by atoms with Gasteiger partial charge in [0.1, 0.15) is 0 Å². The minimum atomic E-state index is -3.14. The van der Waals surface area contributed by atoms with Crippen molar-refractivity contribution in [2.45, 2.75) is 13.0 Å². The minimum absolute atomic E-state index is 0.109. The summed E-state index contributed by atoms with van der Waals surface area (Å²) >= 11 is 0. The molecule has 2 aromatic heterocycles. The van der Waals surface area contributed by atoms with Crippen LogP contribution < -0.4 is 4.72 Å². The first-order chi connectivity index (χ1) is 9.12. The molecule has 0 atom stereocenters. The van der Waals surface area contributed by atoms with Gasteiger partial charge in [0.15, 0.2) is 0 Å². The molecule has 0 radical (unpaired) electrons. The molecule has 102 valence electrons. The predicted molar refractivity (Wildman–Crippen MR) is 72.9 cm³/mol. The van der Waals surface area contributed by atoms with Gasteiger partial charge in [-0.1, -0.05) is 0 Å². The third-order valence-electron chi connectivity index (χ3n) is 2.81. The third kappa shape index (κ3) is 3.62. The van der Waals surface area contributed by atoms with Crippen molar-refractivity contribution in [3.05, 3.63) is 37.1 Å². The van der Waals surface area contributed by atoms with Crippen LogP contribution in [0.2, 0.25) is 0 Å². The molecule has 0 aromatic carbocycles. The van der Waals surface area contributed by atoms with E-state index in [0.29, 0.717) is 13.0 Å². The number of pyridine rings is 1. The van der Waals surface area contributed by atoms with Crippen LogP contribution in [0.15, 0.2) is 37.1 Å². The molecule has 6 nitrogen and oxygen atoms in total. The van der Waals surface area contributed by atoms with E-state index >= 15 is 0 Å². The molecule has 2 rings (SSSR count). The SMILES string of the molecule is CNS(=O)(=O)CCCn1cncc1-c1ccncc1. The maximum absolute atomic E-state index is 11.3. The van der Waals surface area contributed by atoms with Crippen molar-refractivity contribution < 1.29 is 8.42 Å². The van der Waals surface area contributed by atoms with Gasteiger partial charge in [-0.3, -0.25) is 4.98 Å². The molecule has 7 heteroatoms. The molecule has 0 amide bonds. The van der Waals surface area contributed by atoms with Crippen LogP contribution in [-0.2, 0) is 16.6 Å². The van der Waals surface area contributed by atoms with Crippen LogP contribution in [0.25, 0.3) is 11.3 Å². The van der Waals surface area contributed by atoms with Crippen LogP contribution in [0.4, 0.5) is 0 Å². The molecule has 0 saturated heterocycles. The Labute approximate surface area is 112 Å². The molecule has 0 unspecified atom stereocenters. The number of nitrogens with one attached hydrogen (secondary N) is 1. The fourth-order valence-corrected chi connectivity index (χ4v) is 2.50. The summed E-state index contributed by atoms with van der Waals surface area (Å²) in [5.74, 6) is 0.109. The Kier molecular flexibility index (Phi) is 4.28. The van der Waals surface area contributed by atoms with E-state index in [0.717, 1.165) is 11.3 Å². The van der Waals surface area contributed by atoms with Crippen molar-refractivity contribution >= 4 is 10.0 Å². The molecule has 0 fully saturated rings. The first-order valence-electron chi connectivity index (χ1n) is 5.94. The number of imidazole rings is 1. The topological polar surface area (TPSA) is 76.9 Å². The van der Waals surface area contributed by atoms with Crippen molar-refractivity contribution in [1.29, 1.82) is 0 Å². The number of nitrogens with zero attached hydrogens (tertiary/aromatic N) is 3. The zero-order valence-electron chi connectivity index (χ0n) is 10.7. The van der Waals surface area contributed by atoms with E-state index < -0.39 is 10.0 Å². The van der Waals surface area contributed by atoms with Crippen LogP contribution in [0.3, 0.4) is 0 Å². The zero-order valence-corrected chi connectivity index (χ0v) is 11.5. The standard InChI is InChI=1S/C12H16N4O2S/c1-13-19(17,18)8-2-7-16-10-15-9-12(16)11-3-5-14-6-4-11/h3-6,9-10,13H,2,7-8H2,1H3. The van der Waals surface area contributed by atoms with Crippen LogP contribution in [0.1, 0.15) is 6.42 Å². The van der Waals surface area contributed by atoms with Crippen LogP contribution in [0.5, 0.6) is 0 Å². The van der Waals surface area contributed by atoms with E-state index in [1.54, 1.807) is 24.9 Å². The Morgan fingerprint density at radius 2 is 2.00 bits per heavy atom. The van der Waals surface area contributed by atoms with Gasteiger partial charge in [-0.25, -0.2) is 18.1 Å². The summed E-state index contributed by atoms with van der Waals surface area (Å²) < 4.78 is 26.9. The number of sulfonamides is 1. The third-order valence-corrected chi connectivity index (χ3v) is 4.26. The Bertz CT molecular complexity index is 622. The van der Waals surface area contributed by atoms with Gasteiger partial charge in [-0.05, 0) is 25.6 Å². The molecule has 2 aromatic rings. The maximum atomic E-state index is 11.3. The monoisotopic (exact) mass is 280 g/mol. The van der Waals surface area contributed by atoms with Crippen molar-refractivity contribution in [1.82, 2.24) is 19.3 Å². The smallest absolute Gasteiger partial charge is 0.211 e. The molecule has 19 heavy (non-hydrogen) atoms. The largest absolute Gasteiger partial charge is 0.331 e. The Balaban J connectivity index is 2.05. The van der Waals surface area contributed by atoms with Gasteiger partial charge in [0, 0.05) is 24.5 Å². The first kappa shape index (κ1) is 13.7. The zero-order chi connectivity index (χ0) is 13.7. The van der Waals surface area contributed by atoms with Crippen molar-refractivity contribution in [3.63, 3.8) is 0 Å². The average molecular weight is 280 g/mol. The second-order valence-electron chi connectivity index (χ2n) is 4.08. The van der Waals surface area contributed by atoms with Crippen LogP contribution in [-0.4, -0.2) is 35.8 Å². The highest BCUT2D eigenvalue weighted by Crippen LogP contribution is 2.17. The van der Waals surface area contributed by atoms with Gasteiger partial charge in [-0.2, -0.15) is 0 Å². The number of aromatic nitrogens is 3. The quantitative estimate of drug-likeness (QED) is 0.852. The highest BCUT2D eigenvalue weighted by atomic mass is 32.2. The van der Waals surface area contributed by atoms with Crippen molar-refractivity contribution in [2.24, 2.45) is 0 Å². The summed E-state index contributed by atoms with van der Waals surface area (Å²) in [5, 5.41) is 0. The number of aryl methyl sites for hydroxylation is 1. The van der Waals surface area contributed by atoms with Crippen LogP contribution >= 0.6 is 0 Å². The fourth-order valence-electron chi connectivity index (χ4n) is 1.79. The lowest BCUT2D eigenvalue weighted by atomic mass is 10.2. The second-order valence-corrected chi connectivity index (χ2v) is 6.13. The van der Waals surface area contributed by atoms with Crippen molar-refractivity contribution in [3.8, 4) is 11.3 Å². The molecule has 0 aliphatic carbocycles. The van der Waals surface area contributed by atoms with E-state index in [9.17, 15) is 8.42 Å². The number of hydrogen-bond donors (Lipinski definition) is 1. The van der Waals surface area contributed by atoms with Gasteiger partial charge in [-0.15, -0.1) is 0 Å². The molecular formula is C12H16N4O2S. The van der Waals surface area contributed by atoms with Gasteiger partial charge in [0.25, 0.3) is 0 Å². The lowest BCUT2D eigenvalue weighted by molar-refractivity contribution is 0.579. The Morgan fingerprint density at radius 1 is 1.26 bits per heavy atom. The number of hydrogen-bond acceptors (Lipinski definition) is 4. The van der Waals surface area contributed by atoms with E-state index in [1.807, 2.05) is 16.7 Å². The van der Waals surface area contributed by atoms with E-state index in [2.05, 4.69) is 14.7 Å². The van der Waals surface area contributed by atoms with Gasteiger partial charge in [0.05, 0.1) is 24.0 Å². The molecule has 0 aliphatic rings. The molecule has 0 saturated carbocycles. The lowest BCUT2D eigenvalue weighted by Gasteiger charge is -2.08. The first-order valence-corrected chi connectivity index (χ1v) is 7.59. The normalized spacial score (nSPS) is 11.6. The van der Waals surface area contributed by atoms with Gasteiger partial charge >= 0.3 is 0 Å². The predicted octanol–water partition coefficient (Wildman–Crippen LogP) is 0.884. The lowest BCUT2D eigenvalue weighted by Crippen LogP contribution is -2.22. The second kappa shape index (κ2) is 5.94. The maximum Gasteiger partial charge on any atom is 0.211 e. The molecule has 0 bridgehead atoms. The van der Waals surface area contributed by atoms with Gasteiger partial charge in [0.2, 0.25) is 10.0 Å². The summed E-state index contributed by atoms with van der Waals surface area (Å²) in [4.78, 5) is 8.08. The summed E-state index contributed by atoms with van der Waals surface area (Å²) in [6.45, 7) is 0.610. The fraction of sp³-hybridized carbons (Fsp3) is 0.333. The van der Waals surface area contributed by atoms with E-state index in [4.69, 9.17) is 0 Å². The van der Waals surface area contributed by atoms with E-state index in [1.165, 1.54) is 7.05 Å². The summed E-state index contributed by atoms with van der Waals surface area (Å²) in [5.41, 5.74) is 1.98. The highest BCUT2D eigenvalue weighted by Gasteiger charge is 2.08. The summed E-state index contributed by atoms with van der Waals surface area (Å²) in [7, 11) is -1.72. The Morgan fingerprint density at radius 3 is 2.68 bits per heavy atom. The summed E-state index contributed by atoms with van der Waals surface area (Å²) in [6.07, 6.45) is 7.46. The summed E-state index contributed by atoms with van der Waals surface area (Å²) in [6, 6.07) is 3.80. The average Bonchev–Trinajstić information content (AvgIpc) is 2.88.